The minimum Gasteiger partial charge on any atom is -0.444 e. The van der Waals surface area contributed by atoms with Gasteiger partial charge in [-0.1, -0.05) is 13.8 Å². The van der Waals surface area contributed by atoms with E-state index < -0.39 is 17.7 Å². The molecular formula is C14H28N2O3. The van der Waals surface area contributed by atoms with Crippen LogP contribution in [0.3, 0.4) is 0 Å². The second-order valence-corrected chi connectivity index (χ2v) is 5.88. The Labute approximate surface area is 116 Å². The molecule has 0 spiro atoms. The average molecular weight is 272 g/mol. The molecule has 19 heavy (non-hydrogen) atoms. The van der Waals surface area contributed by atoms with E-state index in [1.54, 1.807) is 25.7 Å². The molecule has 0 aliphatic rings. The molecule has 0 saturated heterocycles. The lowest BCUT2D eigenvalue weighted by molar-refractivity contribution is -0.134. The van der Waals surface area contributed by atoms with Gasteiger partial charge in [0, 0.05) is 13.1 Å². The Kier molecular flexibility index (Phi) is 6.87. The molecule has 2 amide bonds. The highest BCUT2D eigenvalue weighted by Gasteiger charge is 2.29. The van der Waals surface area contributed by atoms with Gasteiger partial charge in [-0.2, -0.15) is 0 Å². The molecule has 1 atom stereocenters. The van der Waals surface area contributed by atoms with Crippen LogP contribution in [0.2, 0.25) is 0 Å². The highest BCUT2D eigenvalue weighted by Crippen LogP contribution is 2.10. The van der Waals surface area contributed by atoms with E-state index in [0.29, 0.717) is 13.1 Å². The van der Waals surface area contributed by atoms with Crippen molar-refractivity contribution in [2.75, 3.05) is 13.1 Å². The van der Waals surface area contributed by atoms with Crippen molar-refractivity contribution in [1.29, 1.82) is 0 Å². The molecule has 5 nitrogen and oxygen atoms in total. The summed E-state index contributed by atoms with van der Waals surface area (Å²) < 4.78 is 5.19. The predicted molar refractivity (Wildman–Crippen MR) is 75.9 cm³/mol. The molecule has 0 heterocycles. The van der Waals surface area contributed by atoms with Crippen molar-refractivity contribution in [3.05, 3.63) is 0 Å². The summed E-state index contributed by atoms with van der Waals surface area (Å²) in [7, 11) is 0. The van der Waals surface area contributed by atoms with Crippen LogP contribution in [0.5, 0.6) is 0 Å². The number of likely N-dealkylation sites (N-methyl/N-ethyl adjacent to an activating group) is 1. The molecule has 0 rings (SSSR count). The van der Waals surface area contributed by atoms with Crippen molar-refractivity contribution in [3.63, 3.8) is 0 Å². The Morgan fingerprint density at radius 3 is 1.95 bits per heavy atom. The van der Waals surface area contributed by atoms with Gasteiger partial charge in [0.2, 0.25) is 5.91 Å². The Morgan fingerprint density at radius 2 is 1.63 bits per heavy atom. The SMILES string of the molecule is CCN(CC)C(=O)[C@@H](NC(=O)OC(C)(C)C)C(C)C. The van der Waals surface area contributed by atoms with Crippen molar-refractivity contribution < 1.29 is 14.3 Å². The molecule has 112 valence electrons. The third-order valence-electron chi connectivity index (χ3n) is 2.68. The van der Waals surface area contributed by atoms with Crippen LogP contribution in [-0.4, -0.2) is 41.6 Å². The number of carbonyl (C=O) groups is 2. The van der Waals surface area contributed by atoms with Crippen LogP contribution in [0, 0.1) is 5.92 Å². The van der Waals surface area contributed by atoms with Crippen molar-refractivity contribution in [2.24, 2.45) is 5.92 Å². The van der Waals surface area contributed by atoms with E-state index in [4.69, 9.17) is 4.74 Å². The van der Waals surface area contributed by atoms with Gasteiger partial charge in [-0.25, -0.2) is 4.79 Å². The first-order chi connectivity index (χ1) is 8.62. The molecule has 1 N–H and O–H groups in total. The number of hydrogen-bond donors (Lipinski definition) is 1. The molecule has 0 aliphatic carbocycles. The number of amides is 2. The number of alkyl carbamates (subject to hydrolysis) is 1. The number of nitrogens with zero attached hydrogens (tertiary/aromatic N) is 1. The normalized spacial score (nSPS) is 13.1. The highest BCUT2D eigenvalue weighted by molar-refractivity contribution is 5.86. The molecule has 0 aliphatic heterocycles. The van der Waals surface area contributed by atoms with Gasteiger partial charge in [0.1, 0.15) is 11.6 Å². The van der Waals surface area contributed by atoms with Crippen molar-refractivity contribution in [3.8, 4) is 0 Å². The molecule has 5 heteroatoms. The third kappa shape index (κ3) is 6.45. The van der Waals surface area contributed by atoms with E-state index in [1.165, 1.54) is 0 Å². The number of hydrogen-bond acceptors (Lipinski definition) is 3. The summed E-state index contributed by atoms with van der Waals surface area (Å²) in [6.07, 6.45) is -0.549. The molecule has 0 aromatic heterocycles. The van der Waals surface area contributed by atoms with Crippen molar-refractivity contribution >= 4 is 12.0 Å². The van der Waals surface area contributed by atoms with Crippen LogP contribution in [0.25, 0.3) is 0 Å². The largest absolute Gasteiger partial charge is 0.444 e. The zero-order chi connectivity index (χ0) is 15.2. The Bertz CT molecular complexity index is 304. The number of rotatable bonds is 5. The Hall–Kier alpha value is -1.26. The fourth-order valence-corrected chi connectivity index (χ4v) is 1.68. The highest BCUT2D eigenvalue weighted by atomic mass is 16.6. The third-order valence-corrected chi connectivity index (χ3v) is 2.68. The average Bonchev–Trinajstić information content (AvgIpc) is 2.24. The monoisotopic (exact) mass is 272 g/mol. The summed E-state index contributed by atoms with van der Waals surface area (Å²) in [6.45, 7) is 14.3. The van der Waals surface area contributed by atoms with Gasteiger partial charge >= 0.3 is 6.09 Å². The van der Waals surface area contributed by atoms with E-state index in [0.717, 1.165) is 0 Å². The van der Waals surface area contributed by atoms with E-state index in [1.807, 2.05) is 27.7 Å². The number of nitrogens with one attached hydrogen (secondary N) is 1. The van der Waals surface area contributed by atoms with Crippen LogP contribution in [0.4, 0.5) is 4.79 Å². The van der Waals surface area contributed by atoms with Gasteiger partial charge in [-0.3, -0.25) is 4.79 Å². The maximum absolute atomic E-state index is 12.3. The zero-order valence-corrected chi connectivity index (χ0v) is 13.2. The van der Waals surface area contributed by atoms with Gasteiger partial charge in [0.05, 0.1) is 0 Å². The maximum atomic E-state index is 12.3. The molecule has 0 bridgehead atoms. The van der Waals surface area contributed by atoms with Gasteiger partial charge in [-0.05, 0) is 40.5 Å². The van der Waals surface area contributed by atoms with Crippen LogP contribution in [0.1, 0.15) is 48.5 Å². The summed E-state index contributed by atoms with van der Waals surface area (Å²) in [5.74, 6) is -0.0496. The summed E-state index contributed by atoms with van der Waals surface area (Å²) in [5, 5.41) is 2.67. The van der Waals surface area contributed by atoms with Gasteiger partial charge < -0.3 is 15.0 Å². The van der Waals surface area contributed by atoms with Crippen molar-refractivity contribution in [2.45, 2.75) is 60.1 Å². The molecule has 0 aromatic carbocycles. The summed E-state index contributed by atoms with van der Waals surface area (Å²) >= 11 is 0. The summed E-state index contributed by atoms with van der Waals surface area (Å²) in [5.41, 5.74) is -0.566. The Balaban J connectivity index is 4.75. The second-order valence-electron chi connectivity index (χ2n) is 5.88. The molecule has 0 fully saturated rings. The van der Waals surface area contributed by atoms with Crippen LogP contribution in [0.15, 0.2) is 0 Å². The number of ether oxygens (including phenoxy) is 1. The lowest BCUT2D eigenvalue weighted by atomic mass is 10.0. The molecule has 0 saturated carbocycles. The predicted octanol–water partition coefficient (Wildman–Crippen LogP) is 2.40. The molecule has 0 radical (unpaired) electrons. The summed E-state index contributed by atoms with van der Waals surface area (Å²) in [4.78, 5) is 25.8. The van der Waals surface area contributed by atoms with Gasteiger partial charge in [0.15, 0.2) is 0 Å². The lowest BCUT2D eigenvalue weighted by Crippen LogP contribution is -2.52. The van der Waals surface area contributed by atoms with Crippen LogP contribution < -0.4 is 5.32 Å². The quantitative estimate of drug-likeness (QED) is 0.836. The Morgan fingerprint density at radius 1 is 1.16 bits per heavy atom. The van der Waals surface area contributed by atoms with Crippen molar-refractivity contribution in [1.82, 2.24) is 10.2 Å². The molecular weight excluding hydrogens is 244 g/mol. The second kappa shape index (κ2) is 7.36. The van der Waals surface area contributed by atoms with Crippen LogP contribution in [-0.2, 0) is 9.53 Å². The first kappa shape index (κ1) is 17.7. The first-order valence-corrected chi connectivity index (χ1v) is 6.90. The first-order valence-electron chi connectivity index (χ1n) is 6.90. The van der Waals surface area contributed by atoms with Gasteiger partial charge in [0.25, 0.3) is 0 Å². The number of carbonyl (C=O) groups excluding carboxylic acids is 2. The fourth-order valence-electron chi connectivity index (χ4n) is 1.68. The fraction of sp³-hybridized carbons (Fsp3) is 0.857. The van der Waals surface area contributed by atoms with E-state index in [9.17, 15) is 9.59 Å². The van der Waals surface area contributed by atoms with E-state index in [-0.39, 0.29) is 11.8 Å². The molecule has 0 unspecified atom stereocenters. The smallest absolute Gasteiger partial charge is 0.408 e. The van der Waals surface area contributed by atoms with E-state index in [2.05, 4.69) is 5.32 Å². The standard InChI is InChI=1S/C14H28N2O3/c1-8-16(9-2)12(17)11(10(3)4)15-13(18)19-14(5,6)7/h10-11H,8-9H2,1-7H3,(H,15,18)/t11-/m0/s1. The summed E-state index contributed by atoms with van der Waals surface area (Å²) in [6, 6.07) is -0.547. The minimum atomic E-state index is -0.566. The molecule has 0 aromatic rings. The van der Waals surface area contributed by atoms with Crippen LogP contribution >= 0.6 is 0 Å². The topological polar surface area (TPSA) is 58.6 Å². The minimum absolute atomic E-state index is 0.0145. The van der Waals surface area contributed by atoms with Gasteiger partial charge in [-0.15, -0.1) is 0 Å². The maximum Gasteiger partial charge on any atom is 0.408 e. The lowest BCUT2D eigenvalue weighted by Gasteiger charge is -2.29. The zero-order valence-electron chi connectivity index (χ0n) is 13.2. The van der Waals surface area contributed by atoms with E-state index >= 15 is 0 Å².